The second-order valence-corrected chi connectivity index (χ2v) is 13.4. The first-order valence-electron chi connectivity index (χ1n) is 15.7. The highest BCUT2D eigenvalue weighted by atomic mass is 16.6. The highest BCUT2D eigenvalue weighted by Crippen LogP contribution is 2.66. The number of fused-ring (bicyclic) bond motifs is 5. The minimum atomic E-state index is -0.867. The number of ketones is 1. The van der Waals surface area contributed by atoms with Crippen LogP contribution in [0.25, 0.3) is 0 Å². The molecular formula is C34H46N2O6. The van der Waals surface area contributed by atoms with Gasteiger partial charge in [0.1, 0.15) is 17.6 Å². The first kappa shape index (κ1) is 30.3. The fourth-order valence-corrected chi connectivity index (χ4v) is 9.02. The van der Waals surface area contributed by atoms with Gasteiger partial charge in [-0.05, 0) is 118 Å². The van der Waals surface area contributed by atoms with Crippen LogP contribution in [0, 0.1) is 34.5 Å². The molecule has 42 heavy (non-hydrogen) atoms. The number of ether oxygens (including phenoxy) is 1. The van der Waals surface area contributed by atoms with Gasteiger partial charge in [-0.3, -0.25) is 9.59 Å². The number of carbonyl (C=O) groups is 3. The maximum absolute atomic E-state index is 12.7. The molecule has 0 aliphatic heterocycles. The lowest BCUT2D eigenvalue weighted by molar-refractivity contribution is -0.147. The summed E-state index contributed by atoms with van der Waals surface area (Å²) >= 11 is 0. The van der Waals surface area contributed by atoms with E-state index in [2.05, 4.69) is 30.4 Å². The van der Waals surface area contributed by atoms with E-state index in [1.54, 1.807) is 38.1 Å². The highest BCUT2D eigenvalue weighted by Gasteiger charge is 2.59. The molecule has 0 bridgehead atoms. The number of carbonyl (C=O) groups excluding carboxylic acids is 3. The number of allylic oxidation sites excluding steroid dienone is 2. The smallest absolute Gasteiger partial charge is 0.328 e. The minimum Gasteiger partial charge on any atom is -0.508 e. The van der Waals surface area contributed by atoms with Gasteiger partial charge in [0.05, 0.1) is 12.3 Å². The molecule has 3 fully saturated rings. The number of nitrogens with one attached hydrogen (secondary N) is 1. The number of phenols is 1. The Hall–Kier alpha value is -3.16. The van der Waals surface area contributed by atoms with E-state index in [1.165, 1.54) is 24.8 Å². The monoisotopic (exact) mass is 578 g/mol. The molecule has 2 N–H and O–H groups in total. The first-order valence-corrected chi connectivity index (χ1v) is 15.7. The van der Waals surface area contributed by atoms with Crippen LogP contribution in [0.5, 0.6) is 5.75 Å². The molecule has 3 saturated carbocycles. The molecule has 1 aromatic carbocycles. The zero-order valence-corrected chi connectivity index (χ0v) is 25.5. The third kappa shape index (κ3) is 5.86. The van der Waals surface area contributed by atoms with Gasteiger partial charge in [-0.1, -0.05) is 36.7 Å². The van der Waals surface area contributed by atoms with E-state index in [1.807, 2.05) is 0 Å². The van der Waals surface area contributed by atoms with E-state index >= 15 is 0 Å². The Balaban J connectivity index is 1.19. The van der Waals surface area contributed by atoms with Crippen molar-refractivity contribution < 1.29 is 29.1 Å². The standard InChI is InChI=1S/C34H46N2O6/c1-5-41-32(40)30(18-22-6-9-25(38)10-7-22)35-31(39)20-42-36-24-14-16-33(3)23(19-24)8-11-26-28-13-12-27(21(2)37)34(28,4)17-15-29(26)33/h6-7,9-10,19,26-30,38H,5,8,11-18,20H2,1-4H3,(H,35,39)/b36-24-/t26-,27-,28+,29-,30+,33+,34-/m1/s1. The van der Waals surface area contributed by atoms with Crippen LogP contribution in [0.1, 0.15) is 84.6 Å². The summed E-state index contributed by atoms with van der Waals surface area (Å²) < 4.78 is 5.15. The van der Waals surface area contributed by atoms with Crippen LogP contribution >= 0.6 is 0 Å². The fraction of sp³-hybridized carbons (Fsp3) is 0.647. The molecule has 0 spiro atoms. The van der Waals surface area contributed by atoms with Crippen molar-refractivity contribution in [1.82, 2.24) is 5.32 Å². The molecule has 0 saturated heterocycles. The number of oxime groups is 1. The van der Waals surface area contributed by atoms with E-state index in [-0.39, 0.29) is 42.1 Å². The van der Waals surface area contributed by atoms with E-state index in [4.69, 9.17) is 9.57 Å². The average Bonchev–Trinajstić information content (AvgIpc) is 3.31. The van der Waals surface area contributed by atoms with Crippen molar-refractivity contribution in [2.75, 3.05) is 13.2 Å². The molecule has 7 atom stereocenters. The number of hydrogen-bond acceptors (Lipinski definition) is 7. The topological polar surface area (TPSA) is 114 Å². The van der Waals surface area contributed by atoms with Crippen molar-refractivity contribution >= 4 is 23.4 Å². The van der Waals surface area contributed by atoms with E-state index in [0.29, 0.717) is 23.5 Å². The van der Waals surface area contributed by atoms with E-state index < -0.39 is 17.9 Å². The molecule has 5 rings (SSSR count). The lowest BCUT2D eigenvalue weighted by Crippen LogP contribution is -2.51. The summed E-state index contributed by atoms with van der Waals surface area (Å²) in [7, 11) is 0. The van der Waals surface area contributed by atoms with Gasteiger partial charge in [-0.25, -0.2) is 4.79 Å². The first-order chi connectivity index (χ1) is 20.0. The predicted molar refractivity (Wildman–Crippen MR) is 160 cm³/mol. The summed E-state index contributed by atoms with van der Waals surface area (Å²) in [6.45, 7) is 8.25. The van der Waals surface area contributed by atoms with Gasteiger partial charge in [-0.15, -0.1) is 0 Å². The van der Waals surface area contributed by atoms with Crippen molar-refractivity contribution in [2.45, 2.75) is 91.5 Å². The van der Waals surface area contributed by atoms with Crippen LogP contribution in [0.4, 0.5) is 0 Å². The summed E-state index contributed by atoms with van der Waals surface area (Å²) in [5.41, 5.74) is 3.40. The number of rotatable bonds is 9. The van der Waals surface area contributed by atoms with Gasteiger partial charge >= 0.3 is 5.97 Å². The van der Waals surface area contributed by atoms with Crippen LogP contribution in [-0.4, -0.2) is 47.7 Å². The molecule has 1 amide bonds. The molecule has 8 heteroatoms. The normalized spacial score (nSPS) is 33.4. The van der Waals surface area contributed by atoms with Crippen LogP contribution in [-0.2, 0) is 30.4 Å². The summed E-state index contributed by atoms with van der Waals surface area (Å²) in [5, 5.41) is 16.6. The number of nitrogens with zero attached hydrogens (tertiary/aromatic N) is 1. The quantitative estimate of drug-likeness (QED) is 0.295. The second-order valence-electron chi connectivity index (χ2n) is 13.4. The molecule has 0 radical (unpaired) electrons. The van der Waals surface area contributed by atoms with Crippen LogP contribution < -0.4 is 5.32 Å². The Morgan fingerprint density at radius 3 is 2.52 bits per heavy atom. The van der Waals surface area contributed by atoms with Crippen molar-refractivity contribution in [2.24, 2.45) is 39.7 Å². The number of amides is 1. The highest BCUT2D eigenvalue weighted by molar-refractivity contribution is 5.96. The van der Waals surface area contributed by atoms with E-state index in [0.717, 1.165) is 43.4 Å². The van der Waals surface area contributed by atoms with Gasteiger partial charge in [0.2, 0.25) is 0 Å². The van der Waals surface area contributed by atoms with Gasteiger partial charge < -0.3 is 20.0 Å². The zero-order valence-electron chi connectivity index (χ0n) is 25.5. The van der Waals surface area contributed by atoms with Crippen molar-refractivity contribution in [3.63, 3.8) is 0 Å². The van der Waals surface area contributed by atoms with Crippen molar-refractivity contribution in [3.05, 3.63) is 41.5 Å². The Morgan fingerprint density at radius 1 is 1.05 bits per heavy atom. The molecule has 8 nitrogen and oxygen atoms in total. The third-order valence-electron chi connectivity index (χ3n) is 11.1. The molecule has 4 aliphatic rings. The molecule has 4 aliphatic carbocycles. The summed E-state index contributed by atoms with van der Waals surface area (Å²) in [5.74, 6) is 1.74. The Bertz CT molecular complexity index is 1250. The fourth-order valence-electron chi connectivity index (χ4n) is 9.02. The van der Waals surface area contributed by atoms with Crippen molar-refractivity contribution in [1.29, 1.82) is 0 Å². The van der Waals surface area contributed by atoms with Gasteiger partial charge in [0.25, 0.3) is 5.91 Å². The maximum atomic E-state index is 12.7. The number of phenolic OH excluding ortho intramolecular Hbond substituents is 1. The van der Waals surface area contributed by atoms with Gasteiger partial charge in [-0.2, -0.15) is 0 Å². The molecule has 228 valence electrons. The van der Waals surface area contributed by atoms with Crippen LogP contribution in [0.15, 0.2) is 41.1 Å². The van der Waals surface area contributed by atoms with Crippen LogP contribution in [0.3, 0.4) is 0 Å². The minimum absolute atomic E-state index is 0.132. The third-order valence-corrected chi connectivity index (χ3v) is 11.1. The number of aromatic hydroxyl groups is 1. The van der Waals surface area contributed by atoms with Crippen LogP contribution in [0.2, 0.25) is 0 Å². The Kier molecular flexibility index (Phi) is 8.81. The number of hydrogen-bond donors (Lipinski definition) is 2. The number of Topliss-reactive ketones (excluding diaryl/α,β-unsaturated/α-hetero) is 1. The van der Waals surface area contributed by atoms with Gasteiger partial charge in [0.15, 0.2) is 6.61 Å². The SMILES string of the molecule is CCOC(=O)[C@H](Cc1ccc(O)cc1)NC(=O)CO/N=C1\C=C2CC[C@H]3[C@@H](CC[C@]4(C)[C@@H](C(C)=O)CC[C@@H]34)[C@@]2(C)CC1. The Morgan fingerprint density at radius 2 is 1.81 bits per heavy atom. The number of benzene rings is 1. The molecule has 0 unspecified atom stereocenters. The summed E-state index contributed by atoms with van der Waals surface area (Å²) in [4.78, 5) is 43.1. The van der Waals surface area contributed by atoms with Crippen molar-refractivity contribution in [3.8, 4) is 5.75 Å². The largest absolute Gasteiger partial charge is 0.508 e. The number of esters is 1. The molecule has 0 heterocycles. The lowest BCUT2D eigenvalue weighted by atomic mass is 9.46. The maximum Gasteiger partial charge on any atom is 0.328 e. The molecule has 0 aromatic heterocycles. The lowest BCUT2D eigenvalue weighted by Gasteiger charge is -2.58. The van der Waals surface area contributed by atoms with Gasteiger partial charge in [0, 0.05) is 12.3 Å². The molecule has 1 aromatic rings. The van der Waals surface area contributed by atoms with E-state index in [9.17, 15) is 19.5 Å². The zero-order chi connectivity index (χ0) is 30.1. The molecular weight excluding hydrogens is 532 g/mol. The predicted octanol–water partition coefficient (Wildman–Crippen LogP) is 5.52. The Labute approximate surface area is 249 Å². The second kappa shape index (κ2) is 12.2. The summed E-state index contributed by atoms with van der Waals surface area (Å²) in [6, 6.07) is 5.62. The average molecular weight is 579 g/mol. The summed E-state index contributed by atoms with van der Waals surface area (Å²) in [6.07, 6.45) is 11.0.